The lowest BCUT2D eigenvalue weighted by molar-refractivity contribution is 0.192. The average Bonchev–Trinajstić information content (AvgIpc) is 2.34. The van der Waals surface area contributed by atoms with Crippen LogP contribution in [0, 0.1) is 17.1 Å². The van der Waals surface area contributed by atoms with Crippen LogP contribution in [0.25, 0.3) is 6.08 Å². The van der Waals surface area contributed by atoms with E-state index in [1.807, 2.05) is 19.6 Å². The summed E-state index contributed by atoms with van der Waals surface area (Å²) < 4.78 is 19.2. The first-order valence-corrected chi connectivity index (χ1v) is 9.88. The summed E-state index contributed by atoms with van der Waals surface area (Å²) in [5.41, 5.74) is -0.425. The normalized spacial score (nSPS) is 15.4. The minimum absolute atomic E-state index is 0.265. The van der Waals surface area contributed by atoms with Crippen LogP contribution in [0.2, 0.25) is 19.6 Å². The van der Waals surface area contributed by atoms with Gasteiger partial charge in [0.25, 0.3) is 0 Å². The predicted molar refractivity (Wildman–Crippen MR) is 83.0 cm³/mol. The van der Waals surface area contributed by atoms with Crippen LogP contribution in [0.3, 0.4) is 0 Å². The topological polar surface area (TPSA) is 33.0 Å². The molecule has 1 atom stereocenters. The molecule has 1 aromatic rings. The van der Waals surface area contributed by atoms with Crippen LogP contribution in [-0.4, -0.2) is 13.9 Å². The van der Waals surface area contributed by atoms with E-state index in [-0.39, 0.29) is 5.82 Å². The molecular formula is C16H20FNOSi. The Bertz CT molecular complexity index is 554. The number of benzene rings is 1. The molecule has 0 radical (unpaired) electrons. The summed E-state index contributed by atoms with van der Waals surface area (Å²) in [4.78, 5) is 0. The standard InChI is InChI=1S/C16H20FNOSi/c1-16(13-18,19-20(2,3)4)12-8-7-10-14-9-5-6-11-15(14)17/h5-12H,1-4H3/b10-7+,12-8+/t16-/m0/s1. The SMILES string of the molecule is C[C@@](C#N)(/C=C/C=C/c1ccccc1F)O[Si](C)(C)C. The lowest BCUT2D eigenvalue weighted by Gasteiger charge is -2.27. The second kappa shape index (κ2) is 6.64. The molecule has 0 amide bonds. The van der Waals surface area contributed by atoms with Gasteiger partial charge in [0.05, 0.1) is 0 Å². The molecule has 0 fully saturated rings. The van der Waals surface area contributed by atoms with E-state index in [0.717, 1.165) is 0 Å². The van der Waals surface area contributed by atoms with Crippen molar-refractivity contribution in [2.75, 3.05) is 0 Å². The van der Waals surface area contributed by atoms with Crippen molar-refractivity contribution in [3.05, 3.63) is 53.9 Å². The van der Waals surface area contributed by atoms with Gasteiger partial charge in [0.2, 0.25) is 0 Å². The summed E-state index contributed by atoms with van der Waals surface area (Å²) in [5, 5.41) is 9.22. The van der Waals surface area contributed by atoms with E-state index in [0.29, 0.717) is 5.56 Å². The fourth-order valence-electron chi connectivity index (χ4n) is 1.74. The van der Waals surface area contributed by atoms with Gasteiger partial charge >= 0.3 is 0 Å². The highest BCUT2D eigenvalue weighted by molar-refractivity contribution is 6.69. The summed E-state index contributed by atoms with van der Waals surface area (Å²) in [5.74, 6) is -0.265. The number of allylic oxidation sites excluding steroid dienone is 2. The molecule has 20 heavy (non-hydrogen) atoms. The highest BCUT2D eigenvalue weighted by Gasteiger charge is 2.28. The van der Waals surface area contributed by atoms with Crippen molar-refractivity contribution in [2.45, 2.75) is 32.2 Å². The number of halogens is 1. The van der Waals surface area contributed by atoms with E-state index in [1.165, 1.54) is 6.07 Å². The van der Waals surface area contributed by atoms with Crippen molar-refractivity contribution >= 4 is 14.4 Å². The maximum Gasteiger partial charge on any atom is 0.186 e. The maximum absolute atomic E-state index is 13.4. The molecule has 0 saturated heterocycles. The van der Waals surface area contributed by atoms with Crippen molar-refractivity contribution in [3.63, 3.8) is 0 Å². The molecule has 0 aliphatic carbocycles. The van der Waals surface area contributed by atoms with Crippen molar-refractivity contribution in [1.29, 1.82) is 5.26 Å². The number of nitrogens with zero attached hydrogens (tertiary/aromatic N) is 1. The van der Waals surface area contributed by atoms with E-state index >= 15 is 0 Å². The van der Waals surface area contributed by atoms with Crippen LogP contribution in [0.15, 0.2) is 42.5 Å². The minimum atomic E-state index is -1.80. The third-order valence-electron chi connectivity index (χ3n) is 2.45. The zero-order chi connectivity index (χ0) is 15.2. The second-order valence-corrected chi connectivity index (χ2v) is 10.1. The molecule has 0 unspecified atom stereocenters. The van der Waals surface area contributed by atoms with E-state index in [9.17, 15) is 9.65 Å². The molecule has 0 aliphatic heterocycles. The third-order valence-corrected chi connectivity index (χ3v) is 3.48. The van der Waals surface area contributed by atoms with Crippen LogP contribution >= 0.6 is 0 Å². The zero-order valence-corrected chi connectivity index (χ0v) is 13.4. The zero-order valence-electron chi connectivity index (χ0n) is 12.4. The monoisotopic (exact) mass is 289 g/mol. The van der Waals surface area contributed by atoms with Crippen LogP contribution in [0.4, 0.5) is 4.39 Å². The van der Waals surface area contributed by atoms with Gasteiger partial charge in [-0.2, -0.15) is 5.26 Å². The van der Waals surface area contributed by atoms with Gasteiger partial charge in [-0.15, -0.1) is 0 Å². The van der Waals surface area contributed by atoms with Gasteiger partial charge in [-0.25, -0.2) is 4.39 Å². The summed E-state index contributed by atoms with van der Waals surface area (Å²) in [6, 6.07) is 8.70. The van der Waals surface area contributed by atoms with Gasteiger partial charge in [-0.05, 0) is 38.7 Å². The molecule has 1 rings (SSSR count). The number of hydrogen-bond donors (Lipinski definition) is 0. The van der Waals surface area contributed by atoms with Crippen molar-refractivity contribution in [2.24, 2.45) is 0 Å². The van der Waals surface area contributed by atoms with Gasteiger partial charge in [0.15, 0.2) is 13.9 Å². The molecule has 0 aromatic heterocycles. The van der Waals surface area contributed by atoms with Crippen molar-refractivity contribution in [3.8, 4) is 6.07 Å². The predicted octanol–water partition coefficient (Wildman–Crippen LogP) is 4.53. The molecule has 1 aromatic carbocycles. The van der Waals surface area contributed by atoms with Crippen molar-refractivity contribution < 1.29 is 8.82 Å². The number of rotatable bonds is 5. The number of hydrogen-bond acceptors (Lipinski definition) is 2. The molecule has 0 bridgehead atoms. The van der Waals surface area contributed by atoms with Crippen molar-refractivity contribution in [1.82, 2.24) is 0 Å². The Balaban J connectivity index is 2.77. The molecule has 0 N–H and O–H groups in total. The summed E-state index contributed by atoms with van der Waals surface area (Å²) >= 11 is 0. The first kappa shape index (κ1) is 16.4. The molecule has 106 valence electrons. The smallest absolute Gasteiger partial charge is 0.186 e. The van der Waals surface area contributed by atoms with Gasteiger partial charge < -0.3 is 4.43 Å². The molecule has 0 heterocycles. The Hall–Kier alpha value is -1.70. The highest BCUT2D eigenvalue weighted by Crippen LogP contribution is 2.19. The largest absolute Gasteiger partial charge is 0.397 e. The third kappa shape index (κ3) is 5.51. The molecule has 2 nitrogen and oxygen atoms in total. The van der Waals surface area contributed by atoms with Gasteiger partial charge in [0, 0.05) is 5.56 Å². The Labute approximate surface area is 121 Å². The molecule has 4 heteroatoms. The van der Waals surface area contributed by atoms with Crippen LogP contribution in [-0.2, 0) is 4.43 Å². The molecule has 0 aliphatic rings. The van der Waals surface area contributed by atoms with Gasteiger partial charge in [-0.3, -0.25) is 0 Å². The Morgan fingerprint density at radius 3 is 2.45 bits per heavy atom. The second-order valence-electron chi connectivity index (χ2n) is 5.67. The summed E-state index contributed by atoms with van der Waals surface area (Å²) in [6.07, 6.45) is 6.79. The first-order chi connectivity index (χ1) is 9.26. The van der Waals surface area contributed by atoms with Crippen LogP contribution in [0.1, 0.15) is 12.5 Å². The maximum atomic E-state index is 13.4. The molecule has 0 spiro atoms. The Morgan fingerprint density at radius 1 is 1.25 bits per heavy atom. The molecule has 0 saturated carbocycles. The fraction of sp³-hybridized carbons (Fsp3) is 0.312. The van der Waals surface area contributed by atoms with Crippen LogP contribution < -0.4 is 0 Å². The average molecular weight is 289 g/mol. The van der Waals surface area contributed by atoms with Gasteiger partial charge in [-0.1, -0.05) is 36.4 Å². The molecular weight excluding hydrogens is 269 g/mol. The Kier molecular flexibility index (Phi) is 5.43. The van der Waals surface area contributed by atoms with Crippen LogP contribution in [0.5, 0.6) is 0 Å². The van der Waals surface area contributed by atoms with E-state index in [2.05, 4.69) is 6.07 Å². The first-order valence-electron chi connectivity index (χ1n) is 6.48. The highest BCUT2D eigenvalue weighted by atomic mass is 28.4. The lowest BCUT2D eigenvalue weighted by Crippen LogP contribution is -2.38. The summed E-state index contributed by atoms with van der Waals surface area (Å²) in [6.45, 7) is 7.83. The minimum Gasteiger partial charge on any atom is -0.397 e. The Morgan fingerprint density at radius 2 is 1.90 bits per heavy atom. The number of nitriles is 1. The quantitative estimate of drug-likeness (QED) is 0.589. The lowest BCUT2D eigenvalue weighted by atomic mass is 10.1. The summed E-state index contributed by atoms with van der Waals surface area (Å²) in [7, 11) is -1.80. The fourth-order valence-corrected chi connectivity index (χ4v) is 3.12. The van der Waals surface area contributed by atoms with Gasteiger partial charge in [0.1, 0.15) is 11.9 Å². The van der Waals surface area contributed by atoms with E-state index in [1.54, 1.807) is 49.4 Å². The van der Waals surface area contributed by atoms with E-state index in [4.69, 9.17) is 4.43 Å². The van der Waals surface area contributed by atoms with E-state index < -0.39 is 13.9 Å².